The zero-order valence-corrected chi connectivity index (χ0v) is 12.4. The Bertz CT molecular complexity index is 478. The number of carbonyl (C=O) groups is 1. The number of rotatable bonds is 6. The van der Waals surface area contributed by atoms with Gasteiger partial charge in [-0.15, -0.1) is 0 Å². The quantitative estimate of drug-likeness (QED) is 0.856. The highest BCUT2D eigenvalue weighted by Gasteiger charge is 2.30. The molecule has 0 aliphatic heterocycles. The third kappa shape index (κ3) is 2.95. The van der Waals surface area contributed by atoms with Gasteiger partial charge in [0.25, 0.3) is 0 Å². The molecule has 0 heterocycles. The maximum Gasteiger partial charge on any atom is 0.166 e. The molecule has 0 amide bonds. The molecule has 20 heavy (non-hydrogen) atoms. The van der Waals surface area contributed by atoms with Gasteiger partial charge in [-0.05, 0) is 56.6 Å². The van der Waals surface area contributed by atoms with E-state index in [1.54, 1.807) is 0 Å². The van der Waals surface area contributed by atoms with E-state index in [9.17, 15) is 4.79 Å². The van der Waals surface area contributed by atoms with E-state index in [0.717, 1.165) is 37.3 Å². The topological polar surface area (TPSA) is 29.1 Å². The Kier molecular flexibility index (Phi) is 4.21. The Labute approximate surface area is 122 Å². The fraction of sp³-hybridized carbons (Fsp3) is 0.611. The highest BCUT2D eigenvalue weighted by Crippen LogP contribution is 2.34. The SMILES string of the molecule is CCC(NCCC1CCc2ccccc2C1=O)C1CC1. The van der Waals surface area contributed by atoms with Gasteiger partial charge in [0.1, 0.15) is 0 Å². The van der Waals surface area contributed by atoms with Crippen molar-refractivity contribution in [1.29, 1.82) is 0 Å². The van der Waals surface area contributed by atoms with Crippen LogP contribution in [0.15, 0.2) is 24.3 Å². The number of ketones is 1. The van der Waals surface area contributed by atoms with Crippen LogP contribution >= 0.6 is 0 Å². The summed E-state index contributed by atoms with van der Waals surface area (Å²) >= 11 is 0. The van der Waals surface area contributed by atoms with Crippen LogP contribution in [0.25, 0.3) is 0 Å². The molecule has 2 nitrogen and oxygen atoms in total. The lowest BCUT2D eigenvalue weighted by Crippen LogP contribution is -2.34. The largest absolute Gasteiger partial charge is 0.314 e. The molecule has 2 aliphatic rings. The lowest BCUT2D eigenvalue weighted by molar-refractivity contribution is 0.0894. The van der Waals surface area contributed by atoms with Crippen LogP contribution in [-0.2, 0) is 6.42 Å². The first kappa shape index (κ1) is 13.8. The zero-order chi connectivity index (χ0) is 13.9. The van der Waals surface area contributed by atoms with Crippen LogP contribution < -0.4 is 5.32 Å². The van der Waals surface area contributed by atoms with Gasteiger partial charge in [0.2, 0.25) is 0 Å². The smallest absolute Gasteiger partial charge is 0.166 e. The Morgan fingerprint density at radius 3 is 2.80 bits per heavy atom. The molecule has 1 N–H and O–H groups in total. The number of carbonyl (C=O) groups excluding carboxylic acids is 1. The second kappa shape index (κ2) is 6.09. The van der Waals surface area contributed by atoms with Crippen LogP contribution in [0, 0.1) is 11.8 Å². The standard InChI is InChI=1S/C18H25NO/c1-2-17(14-8-9-14)19-12-11-15-10-7-13-5-3-4-6-16(13)18(15)20/h3-6,14-15,17,19H,2,7-12H2,1H3. The summed E-state index contributed by atoms with van der Waals surface area (Å²) < 4.78 is 0. The third-order valence-corrected chi connectivity index (χ3v) is 4.95. The number of hydrogen-bond acceptors (Lipinski definition) is 2. The van der Waals surface area contributed by atoms with Crippen molar-refractivity contribution in [2.45, 2.75) is 51.5 Å². The van der Waals surface area contributed by atoms with E-state index in [4.69, 9.17) is 0 Å². The predicted octanol–water partition coefficient (Wildman–Crippen LogP) is 3.60. The first-order valence-electron chi connectivity index (χ1n) is 8.15. The van der Waals surface area contributed by atoms with Crippen molar-refractivity contribution in [3.63, 3.8) is 0 Å². The summed E-state index contributed by atoms with van der Waals surface area (Å²) in [5, 5.41) is 3.67. The Morgan fingerprint density at radius 1 is 1.25 bits per heavy atom. The first-order valence-corrected chi connectivity index (χ1v) is 8.15. The van der Waals surface area contributed by atoms with Crippen molar-refractivity contribution in [3.8, 4) is 0 Å². The fourth-order valence-electron chi connectivity index (χ4n) is 3.52. The summed E-state index contributed by atoms with van der Waals surface area (Å²) in [6.07, 6.45) is 7.08. The second-order valence-electron chi connectivity index (χ2n) is 6.35. The van der Waals surface area contributed by atoms with Gasteiger partial charge in [-0.3, -0.25) is 4.79 Å². The van der Waals surface area contributed by atoms with Gasteiger partial charge >= 0.3 is 0 Å². The van der Waals surface area contributed by atoms with Crippen LogP contribution in [0.3, 0.4) is 0 Å². The fourth-order valence-corrected chi connectivity index (χ4v) is 3.52. The van der Waals surface area contributed by atoms with Crippen molar-refractivity contribution >= 4 is 5.78 Å². The van der Waals surface area contributed by atoms with Gasteiger partial charge in [0.05, 0.1) is 0 Å². The molecule has 2 atom stereocenters. The molecule has 1 fully saturated rings. The second-order valence-corrected chi connectivity index (χ2v) is 6.35. The average Bonchev–Trinajstić information content (AvgIpc) is 3.31. The molecule has 0 saturated heterocycles. The van der Waals surface area contributed by atoms with Gasteiger partial charge in [0, 0.05) is 17.5 Å². The van der Waals surface area contributed by atoms with Crippen molar-refractivity contribution in [2.75, 3.05) is 6.54 Å². The first-order chi connectivity index (χ1) is 9.79. The molecule has 2 unspecified atom stereocenters. The van der Waals surface area contributed by atoms with E-state index >= 15 is 0 Å². The molecular weight excluding hydrogens is 246 g/mol. The molecule has 2 heteroatoms. The Balaban J connectivity index is 1.53. The normalized spacial score (nSPS) is 23.4. The summed E-state index contributed by atoms with van der Waals surface area (Å²) in [4.78, 5) is 12.5. The summed E-state index contributed by atoms with van der Waals surface area (Å²) in [6.45, 7) is 3.26. The predicted molar refractivity (Wildman–Crippen MR) is 82.0 cm³/mol. The van der Waals surface area contributed by atoms with Gasteiger partial charge in [-0.25, -0.2) is 0 Å². The molecule has 3 rings (SSSR count). The lowest BCUT2D eigenvalue weighted by Gasteiger charge is -2.24. The molecule has 0 radical (unpaired) electrons. The van der Waals surface area contributed by atoms with Crippen LogP contribution in [0.4, 0.5) is 0 Å². The van der Waals surface area contributed by atoms with Gasteiger partial charge in [-0.1, -0.05) is 31.2 Å². The highest BCUT2D eigenvalue weighted by atomic mass is 16.1. The summed E-state index contributed by atoms with van der Waals surface area (Å²) in [5.41, 5.74) is 2.21. The highest BCUT2D eigenvalue weighted by molar-refractivity contribution is 6.00. The third-order valence-electron chi connectivity index (χ3n) is 4.95. The summed E-state index contributed by atoms with van der Waals surface area (Å²) in [6, 6.07) is 8.80. The van der Waals surface area contributed by atoms with Crippen LogP contribution in [-0.4, -0.2) is 18.4 Å². The van der Waals surface area contributed by atoms with Crippen molar-refractivity contribution in [2.24, 2.45) is 11.8 Å². The number of fused-ring (bicyclic) bond motifs is 1. The average molecular weight is 271 g/mol. The van der Waals surface area contributed by atoms with E-state index in [2.05, 4.69) is 18.3 Å². The summed E-state index contributed by atoms with van der Waals surface area (Å²) in [7, 11) is 0. The minimum Gasteiger partial charge on any atom is -0.314 e. The maximum absolute atomic E-state index is 12.5. The number of benzene rings is 1. The van der Waals surface area contributed by atoms with Crippen molar-refractivity contribution < 1.29 is 4.79 Å². The molecule has 1 saturated carbocycles. The number of hydrogen-bond donors (Lipinski definition) is 1. The van der Waals surface area contributed by atoms with Crippen LogP contribution in [0.1, 0.15) is 54.9 Å². The van der Waals surface area contributed by atoms with Crippen molar-refractivity contribution in [3.05, 3.63) is 35.4 Å². The minimum atomic E-state index is 0.231. The molecular formula is C18H25NO. The number of aryl methyl sites for hydroxylation is 1. The van der Waals surface area contributed by atoms with E-state index in [1.807, 2.05) is 18.2 Å². The van der Waals surface area contributed by atoms with Gasteiger partial charge in [0.15, 0.2) is 5.78 Å². The molecule has 0 aromatic heterocycles. The molecule has 1 aromatic rings. The zero-order valence-electron chi connectivity index (χ0n) is 12.4. The molecule has 0 bridgehead atoms. The van der Waals surface area contributed by atoms with E-state index in [-0.39, 0.29) is 5.92 Å². The summed E-state index contributed by atoms with van der Waals surface area (Å²) in [5.74, 6) is 1.50. The minimum absolute atomic E-state index is 0.231. The number of nitrogens with one attached hydrogen (secondary N) is 1. The number of Topliss-reactive ketones (excluding diaryl/α,β-unsaturated/α-hetero) is 1. The Hall–Kier alpha value is -1.15. The molecule has 108 valence electrons. The van der Waals surface area contributed by atoms with Crippen LogP contribution in [0.5, 0.6) is 0 Å². The van der Waals surface area contributed by atoms with Gasteiger partial charge < -0.3 is 5.32 Å². The van der Waals surface area contributed by atoms with Gasteiger partial charge in [-0.2, -0.15) is 0 Å². The Morgan fingerprint density at radius 2 is 2.05 bits per heavy atom. The van der Waals surface area contributed by atoms with Crippen molar-refractivity contribution in [1.82, 2.24) is 5.32 Å². The molecule has 2 aliphatic carbocycles. The molecule has 1 aromatic carbocycles. The lowest BCUT2D eigenvalue weighted by atomic mass is 9.81. The maximum atomic E-state index is 12.5. The van der Waals surface area contributed by atoms with E-state index in [0.29, 0.717) is 11.8 Å². The van der Waals surface area contributed by atoms with Crippen LogP contribution in [0.2, 0.25) is 0 Å². The van der Waals surface area contributed by atoms with E-state index in [1.165, 1.54) is 24.8 Å². The monoisotopic (exact) mass is 271 g/mol. The van der Waals surface area contributed by atoms with E-state index < -0.39 is 0 Å². The molecule has 0 spiro atoms.